The molecule has 2 amide bonds. The summed E-state index contributed by atoms with van der Waals surface area (Å²) >= 11 is 0. The summed E-state index contributed by atoms with van der Waals surface area (Å²) in [5.74, 6) is -1.98. The summed E-state index contributed by atoms with van der Waals surface area (Å²) in [7, 11) is -3.26. The van der Waals surface area contributed by atoms with Gasteiger partial charge in [-0.3, -0.25) is 4.79 Å². The third-order valence-corrected chi connectivity index (χ3v) is 11.2. The van der Waals surface area contributed by atoms with Gasteiger partial charge in [0.05, 0.1) is 41.7 Å². The van der Waals surface area contributed by atoms with Gasteiger partial charge in [-0.05, 0) is 113 Å². The first-order chi connectivity index (χ1) is 26.9. The van der Waals surface area contributed by atoms with Gasteiger partial charge in [0.15, 0.2) is 21.3 Å². The Bertz CT molecular complexity index is 2250. The molecule has 1 fully saturated rings. The van der Waals surface area contributed by atoms with Gasteiger partial charge in [0.25, 0.3) is 5.91 Å². The Balaban J connectivity index is 1.65. The molecule has 0 radical (unpaired) electrons. The number of hydrogen-bond donors (Lipinski definition) is 1. The lowest BCUT2D eigenvalue weighted by molar-refractivity contribution is -0.200. The molecule has 0 aliphatic carbocycles. The highest BCUT2D eigenvalue weighted by Crippen LogP contribution is 2.42. The van der Waals surface area contributed by atoms with Crippen LogP contribution in [0, 0.1) is 0 Å². The van der Waals surface area contributed by atoms with Gasteiger partial charge < -0.3 is 34.4 Å². The Kier molecular flexibility index (Phi) is 12.7. The predicted molar refractivity (Wildman–Crippen MR) is 202 cm³/mol. The number of aromatic nitrogens is 1. The molecule has 0 spiro atoms. The fraction of sp³-hybridized carbons (Fsp3) is 0.385. The molecule has 0 unspecified atom stereocenters. The van der Waals surface area contributed by atoms with Gasteiger partial charge in [-0.1, -0.05) is 6.07 Å². The normalized spacial score (nSPS) is 15.1. The maximum absolute atomic E-state index is 15.0. The van der Waals surface area contributed by atoms with E-state index in [0.29, 0.717) is 40.1 Å². The summed E-state index contributed by atoms with van der Waals surface area (Å²) in [6, 6.07) is 13.8. The second-order valence-electron chi connectivity index (χ2n) is 13.5. The van der Waals surface area contributed by atoms with Crippen molar-refractivity contribution in [2.24, 2.45) is 0 Å². The number of methoxy groups -OCH3 is 1. The molecule has 1 aliphatic heterocycles. The van der Waals surface area contributed by atoms with Crippen LogP contribution in [-0.4, -0.2) is 74.1 Å². The fourth-order valence-corrected chi connectivity index (χ4v) is 7.60. The van der Waals surface area contributed by atoms with E-state index in [2.05, 4.69) is 14.6 Å². The minimum absolute atomic E-state index is 0.0316. The first kappa shape index (κ1) is 42.4. The van der Waals surface area contributed by atoms with E-state index in [0.717, 1.165) is 25.3 Å². The lowest BCUT2D eigenvalue weighted by Gasteiger charge is -2.31. The molecule has 5 rings (SSSR count). The van der Waals surface area contributed by atoms with Crippen LogP contribution in [0.25, 0.3) is 10.8 Å². The molecule has 3 aromatic carbocycles. The van der Waals surface area contributed by atoms with Crippen molar-refractivity contribution in [3.8, 4) is 17.2 Å². The number of pyridine rings is 1. The van der Waals surface area contributed by atoms with Gasteiger partial charge in [0.2, 0.25) is 6.10 Å². The van der Waals surface area contributed by atoms with Gasteiger partial charge in [0.1, 0.15) is 11.6 Å². The van der Waals surface area contributed by atoms with Crippen molar-refractivity contribution in [2.75, 3.05) is 31.1 Å². The van der Waals surface area contributed by atoms with E-state index >= 15 is 0 Å². The minimum Gasteiger partial charge on any atom is -0.490 e. The number of nitrogens with zero attached hydrogens (tertiary/aromatic N) is 3. The number of ether oxygens (including phenoxy) is 4. The first-order valence-corrected chi connectivity index (χ1v) is 19.5. The lowest BCUT2D eigenvalue weighted by atomic mass is 10.0. The smallest absolute Gasteiger partial charge is 0.490 e. The zero-order valence-corrected chi connectivity index (χ0v) is 32.8. The van der Waals surface area contributed by atoms with Crippen LogP contribution in [0.2, 0.25) is 0 Å². The van der Waals surface area contributed by atoms with Crippen LogP contribution >= 0.6 is 0 Å². The Morgan fingerprint density at radius 2 is 1.72 bits per heavy atom. The molecule has 2 heterocycles. The highest BCUT2D eigenvalue weighted by Gasteiger charge is 2.45. The number of hydroxylamine groups is 1. The molecule has 0 saturated carbocycles. The molecular weight excluding hydrogens is 774 g/mol. The number of sulfone groups is 1. The van der Waals surface area contributed by atoms with Crippen molar-refractivity contribution in [3.63, 3.8) is 0 Å². The number of nitrogen functional groups attached to an aromatic ring is 1. The Morgan fingerprint density at radius 3 is 2.37 bits per heavy atom. The second-order valence-corrected chi connectivity index (χ2v) is 16.0. The monoisotopic (exact) mass is 816 g/mol. The molecule has 1 aliphatic rings. The van der Waals surface area contributed by atoms with Gasteiger partial charge in [-0.15, -0.1) is 5.06 Å². The molecule has 306 valence electrons. The van der Waals surface area contributed by atoms with E-state index in [4.69, 9.17) is 19.9 Å². The zero-order valence-electron chi connectivity index (χ0n) is 32.0. The summed E-state index contributed by atoms with van der Waals surface area (Å²) in [4.78, 5) is 49.2. The van der Waals surface area contributed by atoms with E-state index < -0.39 is 57.1 Å². The number of halogens is 3. The molecule has 14 nitrogen and oxygen atoms in total. The molecule has 18 heteroatoms. The van der Waals surface area contributed by atoms with Crippen LogP contribution < -0.4 is 25.0 Å². The topological polar surface area (TPSA) is 177 Å². The summed E-state index contributed by atoms with van der Waals surface area (Å²) in [5.41, 5.74) is 5.93. The third-order valence-electron chi connectivity index (χ3n) is 8.97. The molecule has 2 N–H and O–H groups in total. The fourth-order valence-electron chi connectivity index (χ4n) is 6.31. The van der Waals surface area contributed by atoms with Gasteiger partial charge in [0, 0.05) is 23.7 Å². The predicted octanol–water partition coefficient (Wildman–Crippen LogP) is 7.26. The van der Waals surface area contributed by atoms with E-state index in [1.807, 2.05) is 13.8 Å². The minimum atomic E-state index is -5.49. The third kappa shape index (κ3) is 9.27. The summed E-state index contributed by atoms with van der Waals surface area (Å²) in [6.07, 6.45) is -6.44. The van der Waals surface area contributed by atoms with Crippen LogP contribution in [0.3, 0.4) is 0 Å². The van der Waals surface area contributed by atoms with Crippen LogP contribution in [-0.2, 0) is 29.0 Å². The molecule has 1 saturated heterocycles. The van der Waals surface area contributed by atoms with Crippen molar-refractivity contribution in [1.82, 2.24) is 9.88 Å². The molecule has 57 heavy (non-hydrogen) atoms. The van der Waals surface area contributed by atoms with Crippen LogP contribution in [0.15, 0.2) is 71.8 Å². The molecule has 1 aromatic heterocycles. The highest BCUT2D eigenvalue weighted by molar-refractivity contribution is 7.92. The standard InChI is InChI=1S/C39H43F3N4O10S/c1-7-53-32-20-25(10-14-31(32)54-22(2)3)34(55-27-12-13-28-24(19-27)16-17-44-35(28)43)36(47)45-18-8-9-30(45)29-21-26(11-15-33(29)57(50,51)23(4)5)46(38(49)52-6)56-37(48)39(40,41)42/h10-17,19-23,30,34H,7-9,18H2,1-6H3,(H2,43,44)/t30-,34+/m1/s1. The van der Waals surface area contributed by atoms with Gasteiger partial charge >= 0.3 is 18.2 Å². The number of carbonyl (C=O) groups is 3. The van der Waals surface area contributed by atoms with Crippen molar-refractivity contribution in [2.45, 2.75) is 82.0 Å². The van der Waals surface area contributed by atoms with Crippen molar-refractivity contribution in [1.29, 1.82) is 0 Å². The highest BCUT2D eigenvalue weighted by atomic mass is 32.2. The Morgan fingerprint density at radius 1 is 0.982 bits per heavy atom. The van der Waals surface area contributed by atoms with E-state index in [9.17, 15) is 36.0 Å². The number of nitrogens with two attached hydrogens (primary N) is 1. The average Bonchev–Trinajstić information content (AvgIpc) is 3.65. The lowest BCUT2D eigenvalue weighted by Crippen LogP contribution is -2.39. The number of alkyl halides is 3. The maximum Gasteiger partial charge on any atom is 0.493 e. The number of anilines is 2. The van der Waals surface area contributed by atoms with Gasteiger partial charge in [-0.25, -0.2) is 23.0 Å². The number of likely N-dealkylation sites (tertiary alicyclic amines) is 1. The SMILES string of the molecule is CCOc1cc([C@H](Oc2ccc3c(N)nccc3c2)C(=O)N2CCC[C@@H]2c2cc(N(OC(=O)C(F)(F)F)C(=O)OC)ccc2S(=O)(=O)C(C)C)ccc1OC(C)C. The molecule has 0 bridgehead atoms. The average molecular weight is 817 g/mol. The second kappa shape index (κ2) is 17.2. The number of hydrogen-bond acceptors (Lipinski definition) is 12. The van der Waals surface area contributed by atoms with Crippen LogP contribution in [0.5, 0.6) is 17.2 Å². The summed E-state index contributed by atoms with van der Waals surface area (Å²) < 4.78 is 90.3. The van der Waals surface area contributed by atoms with Crippen molar-refractivity contribution in [3.05, 3.63) is 78.0 Å². The van der Waals surface area contributed by atoms with E-state index in [1.165, 1.54) is 24.9 Å². The summed E-state index contributed by atoms with van der Waals surface area (Å²) in [6.45, 7) is 8.76. The van der Waals surface area contributed by atoms with Crippen molar-refractivity contribution < 1.29 is 59.8 Å². The molecular formula is C39H43F3N4O10S. The van der Waals surface area contributed by atoms with Crippen molar-refractivity contribution >= 4 is 50.1 Å². The number of fused-ring (bicyclic) bond motifs is 1. The Hall–Kier alpha value is -5.78. The first-order valence-electron chi connectivity index (χ1n) is 18.0. The largest absolute Gasteiger partial charge is 0.493 e. The van der Waals surface area contributed by atoms with E-state index in [-0.39, 0.29) is 46.9 Å². The van der Waals surface area contributed by atoms with Gasteiger partial charge in [-0.2, -0.15) is 13.2 Å². The number of amides is 2. The number of rotatable bonds is 12. The van der Waals surface area contributed by atoms with E-state index in [1.54, 1.807) is 49.4 Å². The van der Waals surface area contributed by atoms with Crippen LogP contribution in [0.1, 0.15) is 70.7 Å². The molecule has 2 atom stereocenters. The maximum atomic E-state index is 15.0. The number of benzene rings is 3. The quantitative estimate of drug-likeness (QED) is 0.142. The molecule has 4 aromatic rings. The zero-order chi connectivity index (χ0) is 41.8. The van der Waals surface area contributed by atoms with Crippen LogP contribution in [0.4, 0.5) is 29.5 Å². The number of carbonyl (C=O) groups excluding carboxylic acids is 3. The Labute approximate surface area is 327 Å². The summed E-state index contributed by atoms with van der Waals surface area (Å²) in [5, 5.41) is 0.338.